The number of piperazine rings is 1. The Morgan fingerprint density at radius 1 is 1.15 bits per heavy atom. The quantitative estimate of drug-likeness (QED) is 0.854. The minimum atomic E-state index is -0.858. The van der Waals surface area contributed by atoms with E-state index in [0.29, 0.717) is 18.7 Å². The lowest BCUT2D eigenvalue weighted by Gasteiger charge is -2.30. The standard InChI is InChI=1S/C19H22F2N4O/c1-14(15-5-6-16(20)17(21)12-15)23-13-19(26)25-10-8-24(9-11-25)18-4-2-3-7-22-18/h2-7,12,14,23H,8-11,13H2,1H3/p+2/t14-/m0/s1. The topological polar surface area (TPSA) is 54.3 Å². The Bertz CT molecular complexity index is 748. The van der Waals surface area contributed by atoms with E-state index in [1.807, 2.05) is 41.5 Å². The fourth-order valence-electron chi connectivity index (χ4n) is 3.12. The number of H-pyrrole nitrogens is 1. The van der Waals surface area contributed by atoms with Gasteiger partial charge in [-0.15, -0.1) is 0 Å². The molecule has 1 amide bonds. The first-order valence-electron chi connectivity index (χ1n) is 8.82. The number of nitrogens with two attached hydrogens (primary N) is 1. The van der Waals surface area contributed by atoms with Crippen molar-refractivity contribution in [1.29, 1.82) is 0 Å². The molecule has 2 aromatic rings. The summed E-state index contributed by atoms with van der Waals surface area (Å²) in [6.45, 7) is 5.08. The number of carbonyl (C=O) groups is 1. The maximum Gasteiger partial charge on any atom is 0.277 e. The SMILES string of the molecule is C[C@H]([NH2+]CC(=O)N1CCN(c2cccc[nH+]2)CC1)c1ccc(F)c(F)c1. The molecule has 5 nitrogen and oxygen atoms in total. The van der Waals surface area contributed by atoms with E-state index in [1.165, 1.54) is 6.07 Å². The predicted octanol–water partition coefficient (Wildman–Crippen LogP) is 0.752. The number of aromatic nitrogens is 1. The number of halogens is 2. The molecule has 138 valence electrons. The van der Waals surface area contributed by atoms with E-state index in [0.717, 1.165) is 25.0 Å². The Labute approximate surface area is 151 Å². The Morgan fingerprint density at radius 3 is 2.58 bits per heavy atom. The lowest BCUT2D eigenvalue weighted by Crippen LogP contribution is -2.87. The first-order chi connectivity index (χ1) is 12.5. The molecule has 0 aliphatic carbocycles. The van der Waals surface area contributed by atoms with Crippen LogP contribution in [0.3, 0.4) is 0 Å². The monoisotopic (exact) mass is 362 g/mol. The van der Waals surface area contributed by atoms with E-state index in [9.17, 15) is 13.6 Å². The second-order valence-electron chi connectivity index (χ2n) is 6.52. The third kappa shape index (κ3) is 4.35. The number of benzene rings is 1. The molecule has 26 heavy (non-hydrogen) atoms. The number of nitrogens with zero attached hydrogens (tertiary/aromatic N) is 2. The average Bonchev–Trinajstić information content (AvgIpc) is 2.68. The summed E-state index contributed by atoms with van der Waals surface area (Å²) in [5, 5.41) is 1.85. The summed E-state index contributed by atoms with van der Waals surface area (Å²) >= 11 is 0. The molecule has 0 saturated carbocycles. The van der Waals surface area contributed by atoms with Crippen molar-refractivity contribution in [1.82, 2.24) is 4.90 Å². The highest BCUT2D eigenvalue weighted by molar-refractivity contribution is 5.77. The number of amides is 1. The van der Waals surface area contributed by atoms with Crippen LogP contribution in [0.25, 0.3) is 0 Å². The number of carbonyl (C=O) groups excluding carboxylic acids is 1. The maximum absolute atomic E-state index is 13.3. The molecule has 3 N–H and O–H groups in total. The summed E-state index contributed by atoms with van der Waals surface area (Å²) in [6, 6.07) is 9.70. The van der Waals surface area contributed by atoms with Gasteiger partial charge in [-0.2, -0.15) is 0 Å². The molecule has 1 aromatic carbocycles. The molecule has 1 aliphatic heterocycles. The number of pyridine rings is 1. The van der Waals surface area contributed by atoms with Gasteiger partial charge in [0.1, 0.15) is 19.1 Å². The fraction of sp³-hybridized carbons (Fsp3) is 0.368. The smallest absolute Gasteiger partial charge is 0.277 e. The maximum atomic E-state index is 13.3. The average molecular weight is 362 g/mol. The van der Waals surface area contributed by atoms with Crippen molar-refractivity contribution in [2.45, 2.75) is 13.0 Å². The fourth-order valence-corrected chi connectivity index (χ4v) is 3.12. The predicted molar refractivity (Wildman–Crippen MR) is 93.4 cm³/mol. The van der Waals surface area contributed by atoms with Crippen LogP contribution in [-0.2, 0) is 4.79 Å². The van der Waals surface area contributed by atoms with Crippen LogP contribution in [0.4, 0.5) is 14.6 Å². The molecule has 0 radical (unpaired) electrons. The van der Waals surface area contributed by atoms with Crippen LogP contribution in [0, 0.1) is 11.6 Å². The number of quaternary nitrogens is 1. The Hall–Kier alpha value is -2.54. The molecule has 3 rings (SSSR count). The van der Waals surface area contributed by atoms with Gasteiger partial charge in [0.05, 0.1) is 19.3 Å². The van der Waals surface area contributed by atoms with Crippen molar-refractivity contribution in [3.63, 3.8) is 0 Å². The zero-order valence-electron chi connectivity index (χ0n) is 14.8. The van der Waals surface area contributed by atoms with Crippen molar-refractivity contribution in [3.8, 4) is 0 Å². The van der Waals surface area contributed by atoms with Gasteiger partial charge in [0.25, 0.3) is 11.7 Å². The highest BCUT2D eigenvalue weighted by Crippen LogP contribution is 2.13. The molecule has 2 heterocycles. The summed E-state index contributed by atoms with van der Waals surface area (Å²) in [5.41, 5.74) is 0.668. The summed E-state index contributed by atoms with van der Waals surface area (Å²) in [5.74, 6) is -0.595. The second-order valence-corrected chi connectivity index (χ2v) is 6.52. The van der Waals surface area contributed by atoms with Crippen molar-refractivity contribution in [2.24, 2.45) is 0 Å². The van der Waals surface area contributed by atoms with E-state index in [1.54, 1.807) is 6.07 Å². The van der Waals surface area contributed by atoms with Crippen LogP contribution in [0.1, 0.15) is 18.5 Å². The van der Waals surface area contributed by atoms with Gasteiger partial charge in [0.15, 0.2) is 18.2 Å². The molecule has 0 unspecified atom stereocenters. The van der Waals surface area contributed by atoms with Crippen molar-refractivity contribution in [3.05, 3.63) is 59.8 Å². The zero-order chi connectivity index (χ0) is 18.5. The van der Waals surface area contributed by atoms with E-state index in [-0.39, 0.29) is 18.5 Å². The van der Waals surface area contributed by atoms with E-state index >= 15 is 0 Å². The van der Waals surface area contributed by atoms with Crippen LogP contribution < -0.4 is 15.2 Å². The summed E-state index contributed by atoms with van der Waals surface area (Å²) in [4.78, 5) is 19.7. The van der Waals surface area contributed by atoms with Crippen LogP contribution >= 0.6 is 0 Å². The molecular weight excluding hydrogens is 338 g/mol. The second kappa shape index (κ2) is 8.23. The molecule has 0 spiro atoms. The van der Waals surface area contributed by atoms with E-state index in [4.69, 9.17) is 0 Å². The minimum Gasteiger partial charge on any atom is -0.333 e. The van der Waals surface area contributed by atoms with Crippen LogP contribution in [-0.4, -0.2) is 43.5 Å². The molecule has 1 aliphatic rings. The summed E-state index contributed by atoms with van der Waals surface area (Å²) in [6.07, 6.45) is 1.89. The first kappa shape index (κ1) is 18.3. The Balaban J connectivity index is 1.47. The summed E-state index contributed by atoms with van der Waals surface area (Å²) in [7, 11) is 0. The number of nitrogens with one attached hydrogen (secondary N) is 1. The molecular formula is C19H24F2N4O+2. The van der Waals surface area contributed by atoms with Gasteiger partial charge in [0, 0.05) is 11.6 Å². The van der Waals surface area contributed by atoms with Crippen LogP contribution in [0.2, 0.25) is 0 Å². The Morgan fingerprint density at radius 2 is 1.92 bits per heavy atom. The summed E-state index contributed by atoms with van der Waals surface area (Å²) < 4.78 is 26.4. The zero-order valence-corrected chi connectivity index (χ0v) is 14.8. The largest absolute Gasteiger partial charge is 0.333 e. The number of rotatable bonds is 5. The third-order valence-corrected chi connectivity index (χ3v) is 4.78. The molecule has 0 bridgehead atoms. The van der Waals surface area contributed by atoms with Gasteiger partial charge in [-0.25, -0.2) is 13.8 Å². The molecule has 1 aromatic heterocycles. The van der Waals surface area contributed by atoms with Gasteiger partial charge < -0.3 is 10.2 Å². The highest BCUT2D eigenvalue weighted by atomic mass is 19.2. The van der Waals surface area contributed by atoms with E-state index < -0.39 is 11.6 Å². The van der Waals surface area contributed by atoms with E-state index in [2.05, 4.69) is 9.88 Å². The molecule has 7 heteroatoms. The van der Waals surface area contributed by atoms with Gasteiger partial charge in [0.2, 0.25) is 0 Å². The molecule has 1 fully saturated rings. The minimum absolute atomic E-state index is 0.0659. The first-order valence-corrected chi connectivity index (χ1v) is 8.82. The van der Waals surface area contributed by atoms with Crippen molar-refractivity contribution in [2.75, 3.05) is 37.6 Å². The number of aromatic amines is 1. The number of hydrogen-bond acceptors (Lipinski definition) is 2. The highest BCUT2D eigenvalue weighted by Gasteiger charge is 2.27. The number of anilines is 1. The Kier molecular flexibility index (Phi) is 5.78. The van der Waals surface area contributed by atoms with Gasteiger partial charge in [-0.05, 0) is 31.2 Å². The lowest BCUT2D eigenvalue weighted by atomic mass is 10.1. The normalized spacial score (nSPS) is 15.8. The van der Waals surface area contributed by atoms with Crippen LogP contribution in [0.15, 0.2) is 42.6 Å². The number of hydrogen-bond donors (Lipinski definition) is 1. The van der Waals surface area contributed by atoms with Crippen LogP contribution in [0.5, 0.6) is 0 Å². The van der Waals surface area contributed by atoms with Gasteiger partial charge >= 0.3 is 0 Å². The van der Waals surface area contributed by atoms with Gasteiger partial charge in [-0.1, -0.05) is 6.07 Å². The third-order valence-electron chi connectivity index (χ3n) is 4.78. The lowest BCUT2D eigenvalue weighted by molar-refractivity contribution is -0.683. The van der Waals surface area contributed by atoms with Crippen molar-refractivity contribution < 1.29 is 23.9 Å². The van der Waals surface area contributed by atoms with Gasteiger partial charge in [-0.3, -0.25) is 9.69 Å². The van der Waals surface area contributed by atoms with Crippen molar-refractivity contribution >= 4 is 11.7 Å². The molecule has 1 saturated heterocycles. The molecule has 1 atom stereocenters.